The van der Waals surface area contributed by atoms with Crippen LogP contribution >= 0.6 is 0 Å². The molecule has 1 fully saturated rings. The number of hydrogen-bond donors (Lipinski definition) is 0. The fourth-order valence-electron chi connectivity index (χ4n) is 3.47. The van der Waals surface area contributed by atoms with Crippen LogP contribution in [0.2, 0.25) is 0 Å². The molecule has 0 radical (unpaired) electrons. The number of aromatic nitrogens is 3. The van der Waals surface area contributed by atoms with Gasteiger partial charge in [0.05, 0.1) is 5.69 Å². The average molecular weight is 252 g/mol. The highest BCUT2D eigenvalue weighted by molar-refractivity contribution is 5.28. The van der Waals surface area contributed by atoms with Crippen LogP contribution in [0.5, 0.6) is 0 Å². The van der Waals surface area contributed by atoms with Gasteiger partial charge in [-0.05, 0) is 24.5 Å². The van der Waals surface area contributed by atoms with Crippen LogP contribution in [0.25, 0.3) is 0 Å². The summed E-state index contributed by atoms with van der Waals surface area (Å²) in [6.45, 7) is 0.984. The summed E-state index contributed by atoms with van der Waals surface area (Å²) in [7, 11) is 0. The monoisotopic (exact) mass is 252 g/mol. The maximum Gasteiger partial charge on any atom is 0.115 e. The maximum absolute atomic E-state index is 4.45. The lowest BCUT2D eigenvalue weighted by Crippen LogP contribution is -2.37. The van der Waals surface area contributed by atoms with Crippen LogP contribution in [0.1, 0.15) is 35.7 Å². The molecule has 2 bridgehead atoms. The molecule has 0 aliphatic carbocycles. The summed E-state index contributed by atoms with van der Waals surface area (Å²) in [5, 5.41) is 0. The minimum absolute atomic E-state index is 0.496. The minimum Gasteiger partial charge on any atom is -0.289 e. The Balaban J connectivity index is 1.65. The van der Waals surface area contributed by atoms with Crippen molar-refractivity contribution in [2.75, 3.05) is 0 Å². The van der Waals surface area contributed by atoms with E-state index in [1.807, 2.05) is 24.7 Å². The van der Waals surface area contributed by atoms with E-state index in [1.54, 1.807) is 6.33 Å². The lowest BCUT2D eigenvalue weighted by molar-refractivity contribution is 0.166. The molecule has 0 N–H and O–H groups in total. The Hall–Kier alpha value is -1.81. The Bertz CT molecular complexity index is 584. The van der Waals surface area contributed by atoms with Gasteiger partial charge in [0.15, 0.2) is 0 Å². The van der Waals surface area contributed by atoms with Gasteiger partial charge in [-0.3, -0.25) is 9.88 Å². The normalized spacial score (nSPS) is 25.3. The van der Waals surface area contributed by atoms with Gasteiger partial charge < -0.3 is 0 Å². The Morgan fingerprint density at radius 3 is 3.11 bits per heavy atom. The molecule has 4 heteroatoms. The Kier molecular flexibility index (Phi) is 2.55. The molecular weight excluding hydrogens is 236 g/mol. The molecule has 4 nitrogen and oxygen atoms in total. The highest BCUT2D eigenvalue weighted by Gasteiger charge is 2.40. The van der Waals surface area contributed by atoms with E-state index in [9.17, 15) is 0 Å². The standard InChI is InChI=1S/C15H16N4/c1-2-11(7-16-5-1)9-19-12-3-4-15(19)13-8-17-10-18-14(13)6-12/h1-2,5,7-8,10,12,15H,3-4,6,9H2. The number of fused-ring (bicyclic) bond motifs is 4. The smallest absolute Gasteiger partial charge is 0.115 e. The summed E-state index contributed by atoms with van der Waals surface area (Å²) in [5.41, 5.74) is 3.88. The predicted molar refractivity (Wildman–Crippen MR) is 71.3 cm³/mol. The molecule has 4 rings (SSSR count). The molecule has 2 unspecified atom stereocenters. The van der Waals surface area contributed by atoms with Gasteiger partial charge in [0, 0.05) is 49.2 Å². The molecule has 2 atom stereocenters. The minimum atomic E-state index is 0.496. The first-order chi connectivity index (χ1) is 9.42. The summed E-state index contributed by atoms with van der Waals surface area (Å²) in [6.07, 6.45) is 11.0. The first kappa shape index (κ1) is 11.1. The molecule has 2 aliphatic heterocycles. The Morgan fingerprint density at radius 1 is 1.21 bits per heavy atom. The van der Waals surface area contributed by atoms with E-state index in [2.05, 4.69) is 25.9 Å². The van der Waals surface area contributed by atoms with Gasteiger partial charge in [0.25, 0.3) is 0 Å². The largest absolute Gasteiger partial charge is 0.289 e. The zero-order valence-electron chi connectivity index (χ0n) is 10.7. The molecule has 1 saturated heterocycles. The van der Waals surface area contributed by atoms with Crippen molar-refractivity contribution in [1.29, 1.82) is 0 Å². The summed E-state index contributed by atoms with van der Waals surface area (Å²) in [5.74, 6) is 0. The van der Waals surface area contributed by atoms with E-state index >= 15 is 0 Å². The summed E-state index contributed by atoms with van der Waals surface area (Å²) < 4.78 is 0. The van der Waals surface area contributed by atoms with Crippen molar-refractivity contribution in [3.8, 4) is 0 Å². The van der Waals surface area contributed by atoms with E-state index in [4.69, 9.17) is 0 Å². The molecular formula is C15H16N4. The lowest BCUT2D eigenvalue weighted by Gasteiger charge is -2.35. The van der Waals surface area contributed by atoms with Gasteiger partial charge in [0.1, 0.15) is 6.33 Å². The highest BCUT2D eigenvalue weighted by atomic mass is 15.2. The highest BCUT2D eigenvalue weighted by Crippen LogP contribution is 2.43. The molecule has 4 heterocycles. The molecule has 0 saturated carbocycles. The summed E-state index contributed by atoms with van der Waals surface area (Å²) in [6, 6.07) is 5.30. The summed E-state index contributed by atoms with van der Waals surface area (Å²) in [4.78, 5) is 15.5. The van der Waals surface area contributed by atoms with Crippen LogP contribution < -0.4 is 0 Å². The van der Waals surface area contributed by atoms with Crippen molar-refractivity contribution in [1.82, 2.24) is 19.9 Å². The molecule has 2 aliphatic rings. The zero-order valence-corrected chi connectivity index (χ0v) is 10.7. The van der Waals surface area contributed by atoms with Crippen molar-refractivity contribution in [2.45, 2.75) is 37.9 Å². The topological polar surface area (TPSA) is 41.9 Å². The molecule has 0 amide bonds. The third-order valence-electron chi connectivity index (χ3n) is 4.35. The van der Waals surface area contributed by atoms with E-state index in [-0.39, 0.29) is 0 Å². The van der Waals surface area contributed by atoms with Crippen LogP contribution in [0.3, 0.4) is 0 Å². The van der Waals surface area contributed by atoms with Crippen LogP contribution in [0.4, 0.5) is 0 Å². The first-order valence-corrected chi connectivity index (χ1v) is 6.85. The van der Waals surface area contributed by atoms with Crippen molar-refractivity contribution >= 4 is 0 Å². The Morgan fingerprint density at radius 2 is 2.21 bits per heavy atom. The van der Waals surface area contributed by atoms with Crippen molar-refractivity contribution < 1.29 is 0 Å². The van der Waals surface area contributed by atoms with Gasteiger partial charge in [-0.2, -0.15) is 0 Å². The van der Waals surface area contributed by atoms with Crippen LogP contribution in [-0.2, 0) is 13.0 Å². The molecule has 2 aromatic rings. The number of nitrogens with zero attached hydrogens (tertiary/aromatic N) is 4. The third-order valence-corrected chi connectivity index (χ3v) is 4.35. The van der Waals surface area contributed by atoms with Crippen molar-refractivity contribution in [3.63, 3.8) is 0 Å². The molecule has 0 aromatic carbocycles. The predicted octanol–water partition coefficient (Wildman–Crippen LogP) is 2.13. The van der Waals surface area contributed by atoms with Crippen LogP contribution in [-0.4, -0.2) is 25.9 Å². The molecule has 96 valence electrons. The van der Waals surface area contributed by atoms with Gasteiger partial charge in [-0.1, -0.05) is 6.07 Å². The van der Waals surface area contributed by atoms with Crippen LogP contribution in [0.15, 0.2) is 37.1 Å². The quantitative estimate of drug-likeness (QED) is 0.821. The average Bonchev–Trinajstić information content (AvgIpc) is 2.74. The second-order valence-electron chi connectivity index (χ2n) is 5.41. The van der Waals surface area contributed by atoms with Crippen molar-refractivity contribution in [3.05, 3.63) is 53.9 Å². The fourth-order valence-corrected chi connectivity index (χ4v) is 3.47. The molecule has 19 heavy (non-hydrogen) atoms. The van der Waals surface area contributed by atoms with E-state index < -0.39 is 0 Å². The van der Waals surface area contributed by atoms with E-state index in [0.29, 0.717) is 12.1 Å². The fraction of sp³-hybridized carbons (Fsp3) is 0.400. The first-order valence-electron chi connectivity index (χ1n) is 6.85. The zero-order chi connectivity index (χ0) is 12.7. The van der Waals surface area contributed by atoms with Crippen molar-refractivity contribution in [2.24, 2.45) is 0 Å². The van der Waals surface area contributed by atoms with Crippen LogP contribution in [0, 0.1) is 0 Å². The second-order valence-corrected chi connectivity index (χ2v) is 5.41. The SMILES string of the molecule is c1cncc(CN2C3CCC2c2cncnc2C3)c1. The van der Waals surface area contributed by atoms with E-state index in [1.165, 1.54) is 29.7 Å². The van der Waals surface area contributed by atoms with E-state index in [0.717, 1.165) is 13.0 Å². The second kappa shape index (κ2) is 4.38. The van der Waals surface area contributed by atoms with Gasteiger partial charge >= 0.3 is 0 Å². The molecule has 2 aromatic heterocycles. The van der Waals surface area contributed by atoms with Gasteiger partial charge in [0.2, 0.25) is 0 Å². The van der Waals surface area contributed by atoms with Gasteiger partial charge in [-0.15, -0.1) is 0 Å². The summed E-state index contributed by atoms with van der Waals surface area (Å²) >= 11 is 0. The number of pyridine rings is 1. The number of hydrogen-bond acceptors (Lipinski definition) is 4. The van der Waals surface area contributed by atoms with Gasteiger partial charge in [-0.25, -0.2) is 9.97 Å². The molecule has 0 spiro atoms. The number of rotatable bonds is 2. The Labute approximate surface area is 112 Å². The third kappa shape index (κ3) is 1.83. The lowest BCUT2D eigenvalue weighted by atomic mass is 9.99. The maximum atomic E-state index is 4.45.